The molecule has 0 aliphatic carbocycles. The number of thiocarbonyl (C=S) groups is 1. The number of benzene rings is 2. The molecule has 0 saturated carbocycles. The lowest BCUT2D eigenvalue weighted by Gasteiger charge is -2.15. The van der Waals surface area contributed by atoms with Gasteiger partial charge in [0.2, 0.25) is 11.7 Å². The number of nitrogens with zero attached hydrogens (tertiary/aromatic N) is 1. The number of carbonyl (C=O) groups excluding carboxylic acids is 2. The lowest BCUT2D eigenvalue weighted by Crippen LogP contribution is -2.36. The van der Waals surface area contributed by atoms with E-state index in [4.69, 9.17) is 31.2 Å². The molecule has 1 aliphatic heterocycles. The fourth-order valence-corrected chi connectivity index (χ4v) is 4.31. The number of nitrogens with one attached hydrogen (secondary N) is 1. The molecule has 32 heavy (non-hydrogen) atoms. The van der Waals surface area contributed by atoms with Crippen LogP contribution in [0.3, 0.4) is 0 Å². The van der Waals surface area contributed by atoms with Crippen LogP contribution in [0.25, 0.3) is 6.08 Å². The molecule has 0 aromatic heterocycles. The van der Waals surface area contributed by atoms with E-state index < -0.39 is 0 Å². The van der Waals surface area contributed by atoms with E-state index in [0.29, 0.717) is 43.5 Å². The molecule has 1 aliphatic rings. The van der Waals surface area contributed by atoms with Gasteiger partial charge in [0.1, 0.15) is 16.6 Å². The quantitative estimate of drug-likeness (QED) is 0.459. The van der Waals surface area contributed by atoms with Crippen molar-refractivity contribution in [2.75, 3.05) is 40.3 Å². The van der Waals surface area contributed by atoms with Crippen molar-refractivity contribution in [3.63, 3.8) is 0 Å². The Hall–Kier alpha value is -3.24. The number of amides is 2. The lowest BCUT2D eigenvalue weighted by molar-refractivity contribution is -0.126. The molecule has 168 valence electrons. The summed E-state index contributed by atoms with van der Waals surface area (Å²) in [5.74, 6) is 1.15. The summed E-state index contributed by atoms with van der Waals surface area (Å²) in [6, 6.07) is 10.5. The van der Waals surface area contributed by atoms with Crippen molar-refractivity contribution in [2.24, 2.45) is 0 Å². The Labute approximate surface area is 195 Å². The minimum absolute atomic E-state index is 0.213. The second-order valence-corrected chi connectivity index (χ2v) is 8.15. The summed E-state index contributed by atoms with van der Waals surface area (Å²) < 4.78 is 21.6. The van der Waals surface area contributed by atoms with E-state index in [0.717, 1.165) is 11.8 Å². The van der Waals surface area contributed by atoms with Gasteiger partial charge in [0.05, 0.1) is 39.0 Å². The normalized spacial score (nSPS) is 14.5. The smallest absolute Gasteiger partial charge is 0.266 e. The molecule has 1 heterocycles. The maximum Gasteiger partial charge on any atom is 0.266 e. The van der Waals surface area contributed by atoms with Crippen LogP contribution in [0.2, 0.25) is 0 Å². The first-order chi connectivity index (χ1) is 15.4. The number of hydrogen-bond acceptors (Lipinski definition) is 8. The summed E-state index contributed by atoms with van der Waals surface area (Å²) in [4.78, 5) is 27.1. The van der Waals surface area contributed by atoms with E-state index in [9.17, 15) is 9.59 Å². The minimum Gasteiger partial charge on any atom is -0.495 e. The summed E-state index contributed by atoms with van der Waals surface area (Å²) in [6.45, 7) is -0.213. The molecule has 1 N–H and O–H groups in total. The summed E-state index contributed by atoms with van der Waals surface area (Å²) in [5.41, 5.74) is 1.18. The molecular formula is C22H22N2O6S2. The van der Waals surface area contributed by atoms with Gasteiger partial charge in [-0.15, -0.1) is 0 Å². The Morgan fingerprint density at radius 1 is 1.03 bits per heavy atom. The summed E-state index contributed by atoms with van der Waals surface area (Å²) in [7, 11) is 6.06. The van der Waals surface area contributed by atoms with E-state index in [-0.39, 0.29) is 18.4 Å². The van der Waals surface area contributed by atoms with E-state index >= 15 is 0 Å². The molecular weight excluding hydrogens is 452 g/mol. The Morgan fingerprint density at radius 3 is 2.25 bits per heavy atom. The number of ether oxygens (including phenoxy) is 4. The SMILES string of the molecule is COc1ccccc1NC(=O)CN1C(=O)/C(=C/c2cc(OC)c(OC)c(OC)c2)SC1=S. The zero-order valence-electron chi connectivity index (χ0n) is 18.0. The van der Waals surface area contributed by atoms with Crippen LogP contribution in [0.4, 0.5) is 5.69 Å². The average molecular weight is 475 g/mol. The molecule has 2 amide bonds. The highest BCUT2D eigenvalue weighted by molar-refractivity contribution is 8.26. The number of anilines is 1. The van der Waals surface area contributed by atoms with Crippen molar-refractivity contribution in [1.82, 2.24) is 4.90 Å². The van der Waals surface area contributed by atoms with Gasteiger partial charge in [-0.05, 0) is 35.9 Å². The molecule has 8 nitrogen and oxygen atoms in total. The van der Waals surface area contributed by atoms with Crippen LogP contribution in [-0.2, 0) is 9.59 Å². The van der Waals surface area contributed by atoms with Crippen LogP contribution in [0.15, 0.2) is 41.3 Å². The van der Waals surface area contributed by atoms with E-state index in [2.05, 4.69) is 5.32 Å². The molecule has 1 saturated heterocycles. The Bertz CT molecular complexity index is 1060. The van der Waals surface area contributed by atoms with E-state index in [1.807, 2.05) is 0 Å². The van der Waals surface area contributed by atoms with Gasteiger partial charge < -0.3 is 24.3 Å². The molecule has 2 aromatic rings. The molecule has 0 radical (unpaired) electrons. The number of hydrogen-bond donors (Lipinski definition) is 1. The van der Waals surface area contributed by atoms with Crippen molar-refractivity contribution in [3.8, 4) is 23.0 Å². The van der Waals surface area contributed by atoms with Crippen LogP contribution < -0.4 is 24.3 Å². The monoisotopic (exact) mass is 474 g/mol. The van der Waals surface area contributed by atoms with E-state index in [1.54, 1.807) is 42.5 Å². The van der Waals surface area contributed by atoms with Gasteiger partial charge >= 0.3 is 0 Å². The third kappa shape index (κ3) is 4.97. The maximum atomic E-state index is 12.9. The molecule has 10 heteroatoms. The summed E-state index contributed by atoms with van der Waals surface area (Å²) >= 11 is 6.45. The van der Waals surface area contributed by atoms with Gasteiger partial charge in [-0.1, -0.05) is 36.1 Å². The molecule has 0 unspecified atom stereocenters. The van der Waals surface area contributed by atoms with Crippen molar-refractivity contribution < 1.29 is 28.5 Å². The number of rotatable bonds is 8. The molecule has 0 atom stereocenters. The van der Waals surface area contributed by atoms with Crippen LogP contribution in [0.1, 0.15) is 5.56 Å². The third-order valence-corrected chi connectivity index (χ3v) is 5.92. The molecule has 1 fully saturated rings. The topological polar surface area (TPSA) is 86.3 Å². The third-order valence-electron chi connectivity index (χ3n) is 4.54. The maximum absolute atomic E-state index is 12.9. The predicted octanol–water partition coefficient (Wildman–Crippen LogP) is 3.56. The fourth-order valence-electron chi connectivity index (χ4n) is 3.05. The second kappa shape index (κ2) is 10.4. The zero-order chi connectivity index (χ0) is 23.3. The highest BCUT2D eigenvalue weighted by atomic mass is 32.2. The van der Waals surface area contributed by atoms with Crippen molar-refractivity contribution in [3.05, 3.63) is 46.9 Å². The highest BCUT2D eigenvalue weighted by Gasteiger charge is 2.33. The van der Waals surface area contributed by atoms with Crippen LogP contribution in [0.5, 0.6) is 23.0 Å². The molecule has 0 bridgehead atoms. The molecule has 2 aromatic carbocycles. The fraction of sp³-hybridized carbons (Fsp3) is 0.227. The second-order valence-electron chi connectivity index (χ2n) is 6.47. The van der Waals surface area contributed by atoms with Crippen molar-refractivity contribution >= 4 is 51.9 Å². The van der Waals surface area contributed by atoms with Crippen LogP contribution in [0, 0.1) is 0 Å². The van der Waals surface area contributed by atoms with Crippen molar-refractivity contribution in [1.29, 1.82) is 0 Å². The van der Waals surface area contributed by atoms with Crippen molar-refractivity contribution in [2.45, 2.75) is 0 Å². The first-order valence-electron chi connectivity index (χ1n) is 9.40. The molecule has 3 rings (SSSR count). The van der Waals surface area contributed by atoms with Crippen LogP contribution >= 0.6 is 24.0 Å². The predicted molar refractivity (Wildman–Crippen MR) is 128 cm³/mol. The number of carbonyl (C=O) groups is 2. The van der Waals surface area contributed by atoms with E-state index in [1.165, 1.54) is 33.3 Å². The van der Waals surface area contributed by atoms with Gasteiger partial charge in [0.15, 0.2) is 11.5 Å². The first-order valence-corrected chi connectivity index (χ1v) is 10.6. The van der Waals surface area contributed by atoms with Gasteiger partial charge in [-0.25, -0.2) is 0 Å². The largest absolute Gasteiger partial charge is 0.495 e. The number of para-hydroxylation sites is 2. The molecule has 0 spiro atoms. The minimum atomic E-state index is -0.389. The number of thioether (sulfide) groups is 1. The summed E-state index contributed by atoms with van der Waals surface area (Å²) in [5, 5.41) is 2.74. The average Bonchev–Trinajstić information content (AvgIpc) is 3.05. The van der Waals surface area contributed by atoms with Crippen LogP contribution in [-0.4, -0.2) is 56.0 Å². The van der Waals surface area contributed by atoms with Gasteiger partial charge in [0, 0.05) is 0 Å². The highest BCUT2D eigenvalue weighted by Crippen LogP contribution is 2.40. The Kier molecular flexibility index (Phi) is 7.60. The first kappa shape index (κ1) is 23.4. The standard InChI is InChI=1S/C22H22N2O6S2/c1-27-15-8-6-5-7-14(15)23-19(25)12-24-21(26)18(32-22(24)31)11-13-9-16(28-2)20(30-4)17(10-13)29-3/h5-11H,12H2,1-4H3,(H,23,25)/b18-11-. The zero-order valence-corrected chi connectivity index (χ0v) is 19.6. The lowest BCUT2D eigenvalue weighted by atomic mass is 10.1. The Morgan fingerprint density at radius 2 is 1.66 bits per heavy atom. The van der Waals surface area contributed by atoms with Gasteiger partial charge in [-0.3, -0.25) is 14.5 Å². The number of methoxy groups -OCH3 is 4. The van der Waals surface area contributed by atoms with Gasteiger partial charge in [0.25, 0.3) is 5.91 Å². The Balaban J connectivity index is 1.78. The summed E-state index contributed by atoms with van der Waals surface area (Å²) in [6.07, 6.45) is 1.67. The van der Waals surface area contributed by atoms with Gasteiger partial charge in [-0.2, -0.15) is 0 Å².